The molecule has 0 atom stereocenters. The van der Waals surface area contributed by atoms with Crippen molar-refractivity contribution >= 4 is 21.8 Å². The molecule has 2 aromatic heterocycles. The number of fused-ring (bicyclic) bond motifs is 3. The molecule has 0 saturated heterocycles. The van der Waals surface area contributed by atoms with Gasteiger partial charge >= 0.3 is 0 Å². The van der Waals surface area contributed by atoms with E-state index in [1.54, 1.807) is 0 Å². The summed E-state index contributed by atoms with van der Waals surface area (Å²) >= 11 is 0. The van der Waals surface area contributed by atoms with Crippen LogP contribution in [0.1, 0.15) is 22.3 Å². The predicted molar refractivity (Wildman–Crippen MR) is 195 cm³/mol. The number of benzene rings is 6. The van der Waals surface area contributed by atoms with Crippen molar-refractivity contribution in [3.05, 3.63) is 156 Å². The SMILES string of the molecule is Cc1cc(C)c(-c2ccc3c(c2)c2ccccc2n3-c2ccc(C#N)c(-c3nc(-c4ccccc4)nc(-c4ccccc4)n3)c2)c(C)c1. The smallest absolute Gasteiger partial charge is 0.165 e. The molecule has 8 rings (SSSR count). The van der Waals surface area contributed by atoms with Crippen LogP contribution < -0.4 is 0 Å². The Bertz CT molecular complexity index is 2460. The van der Waals surface area contributed by atoms with Gasteiger partial charge in [0.25, 0.3) is 0 Å². The fourth-order valence-electron chi connectivity index (χ4n) is 6.92. The normalized spacial score (nSPS) is 11.2. The lowest BCUT2D eigenvalue weighted by molar-refractivity contribution is 1.07. The van der Waals surface area contributed by atoms with Gasteiger partial charge < -0.3 is 4.57 Å². The zero-order valence-corrected chi connectivity index (χ0v) is 26.9. The Balaban J connectivity index is 1.35. The first-order chi connectivity index (χ1) is 23.5. The second kappa shape index (κ2) is 11.8. The van der Waals surface area contributed by atoms with E-state index in [2.05, 4.69) is 86.0 Å². The van der Waals surface area contributed by atoms with Gasteiger partial charge in [0, 0.05) is 33.2 Å². The van der Waals surface area contributed by atoms with Crippen LogP contribution in [0.15, 0.2) is 133 Å². The number of rotatable bonds is 5. The van der Waals surface area contributed by atoms with Crippen molar-refractivity contribution < 1.29 is 0 Å². The van der Waals surface area contributed by atoms with Crippen molar-refractivity contribution in [2.45, 2.75) is 20.8 Å². The molecule has 0 amide bonds. The van der Waals surface area contributed by atoms with Crippen LogP contribution in [0, 0.1) is 32.1 Å². The van der Waals surface area contributed by atoms with Gasteiger partial charge in [-0.2, -0.15) is 5.26 Å². The van der Waals surface area contributed by atoms with Gasteiger partial charge in [0.05, 0.1) is 22.7 Å². The van der Waals surface area contributed by atoms with Crippen LogP contribution in [0.4, 0.5) is 0 Å². The lowest BCUT2D eigenvalue weighted by Gasteiger charge is -2.14. The van der Waals surface area contributed by atoms with Gasteiger partial charge in [-0.25, -0.2) is 15.0 Å². The molecular formula is C43H31N5. The minimum absolute atomic E-state index is 0.453. The Labute approximate surface area is 279 Å². The van der Waals surface area contributed by atoms with E-state index < -0.39 is 0 Å². The van der Waals surface area contributed by atoms with E-state index in [9.17, 15) is 5.26 Å². The maximum Gasteiger partial charge on any atom is 0.165 e. The number of para-hydroxylation sites is 1. The average Bonchev–Trinajstić information content (AvgIpc) is 3.45. The Morgan fingerprint density at radius 1 is 0.521 bits per heavy atom. The minimum atomic E-state index is 0.453. The molecule has 0 saturated carbocycles. The maximum atomic E-state index is 10.3. The first kappa shape index (κ1) is 29.1. The Hall–Kier alpha value is -6.38. The standard InChI is InChI=1S/C43H31N5/c1-27-22-28(2)40(29(3)23-27)32-19-21-39-37(24-32)35-16-10-11-17-38(35)48(39)34-20-18-33(26-44)36(25-34)43-46-41(30-12-6-4-7-13-30)45-42(47-43)31-14-8-5-9-15-31/h4-25H,1-3H3. The zero-order chi connectivity index (χ0) is 32.8. The summed E-state index contributed by atoms with van der Waals surface area (Å²) in [4.78, 5) is 14.7. The summed E-state index contributed by atoms with van der Waals surface area (Å²) in [5.74, 6) is 1.56. The van der Waals surface area contributed by atoms with Crippen LogP contribution in [-0.2, 0) is 0 Å². The molecule has 48 heavy (non-hydrogen) atoms. The van der Waals surface area contributed by atoms with Gasteiger partial charge in [-0.15, -0.1) is 0 Å². The lowest BCUT2D eigenvalue weighted by Crippen LogP contribution is -2.02. The number of aryl methyl sites for hydroxylation is 3. The molecule has 0 unspecified atom stereocenters. The predicted octanol–water partition coefficient (Wildman–Crippen LogP) is 10.4. The molecule has 0 radical (unpaired) electrons. The molecule has 0 spiro atoms. The second-order valence-corrected chi connectivity index (χ2v) is 12.2. The fraction of sp³-hybridized carbons (Fsp3) is 0.0698. The molecule has 0 bridgehead atoms. The van der Waals surface area contributed by atoms with Crippen LogP contribution >= 0.6 is 0 Å². The van der Waals surface area contributed by atoms with Crippen LogP contribution in [0.3, 0.4) is 0 Å². The summed E-state index contributed by atoms with van der Waals surface area (Å²) in [6.07, 6.45) is 0. The van der Waals surface area contributed by atoms with Gasteiger partial charge in [-0.1, -0.05) is 103 Å². The number of nitriles is 1. The van der Waals surface area contributed by atoms with Crippen LogP contribution in [0.5, 0.6) is 0 Å². The average molecular weight is 618 g/mol. The molecule has 5 nitrogen and oxygen atoms in total. The van der Waals surface area contributed by atoms with Gasteiger partial charge in [-0.05, 0) is 79.4 Å². The topological polar surface area (TPSA) is 67.4 Å². The van der Waals surface area contributed by atoms with E-state index in [0.29, 0.717) is 28.6 Å². The van der Waals surface area contributed by atoms with E-state index in [4.69, 9.17) is 15.0 Å². The van der Waals surface area contributed by atoms with E-state index in [-0.39, 0.29) is 0 Å². The Kier molecular flexibility index (Phi) is 7.12. The molecule has 0 aliphatic carbocycles. The summed E-state index contributed by atoms with van der Waals surface area (Å²) in [5.41, 5.74) is 12.3. The van der Waals surface area contributed by atoms with Crippen LogP contribution in [0.2, 0.25) is 0 Å². The maximum absolute atomic E-state index is 10.3. The zero-order valence-electron chi connectivity index (χ0n) is 26.9. The molecule has 0 aliphatic heterocycles. The van der Waals surface area contributed by atoms with Crippen molar-refractivity contribution in [1.29, 1.82) is 5.26 Å². The molecular weight excluding hydrogens is 587 g/mol. The third-order valence-corrected chi connectivity index (χ3v) is 8.96. The highest BCUT2D eigenvalue weighted by molar-refractivity contribution is 6.10. The largest absolute Gasteiger partial charge is 0.309 e. The van der Waals surface area contributed by atoms with Gasteiger partial charge in [0.2, 0.25) is 0 Å². The molecule has 0 fully saturated rings. The van der Waals surface area contributed by atoms with Gasteiger partial charge in [0.15, 0.2) is 17.5 Å². The van der Waals surface area contributed by atoms with E-state index in [1.807, 2.05) is 78.9 Å². The van der Waals surface area contributed by atoms with Crippen molar-refractivity contribution in [2.75, 3.05) is 0 Å². The molecule has 8 aromatic rings. The summed E-state index contributed by atoms with van der Waals surface area (Å²) in [6, 6.07) is 47.8. The molecule has 6 aromatic carbocycles. The summed E-state index contributed by atoms with van der Waals surface area (Å²) in [6.45, 7) is 6.53. The third kappa shape index (κ3) is 5.01. The highest BCUT2D eigenvalue weighted by Gasteiger charge is 2.19. The van der Waals surface area contributed by atoms with E-state index in [1.165, 1.54) is 38.6 Å². The van der Waals surface area contributed by atoms with Gasteiger partial charge in [-0.3, -0.25) is 0 Å². The highest BCUT2D eigenvalue weighted by Crippen LogP contribution is 2.38. The van der Waals surface area contributed by atoms with Crippen LogP contribution in [0.25, 0.3) is 72.8 Å². The van der Waals surface area contributed by atoms with Crippen molar-refractivity contribution in [3.63, 3.8) is 0 Å². The molecule has 5 heteroatoms. The molecule has 0 N–H and O–H groups in total. The Morgan fingerprint density at radius 2 is 1.10 bits per heavy atom. The van der Waals surface area contributed by atoms with Crippen molar-refractivity contribution in [3.8, 4) is 57.0 Å². The first-order valence-corrected chi connectivity index (χ1v) is 16.0. The number of hydrogen-bond acceptors (Lipinski definition) is 4. The monoisotopic (exact) mass is 617 g/mol. The minimum Gasteiger partial charge on any atom is -0.309 e. The second-order valence-electron chi connectivity index (χ2n) is 12.2. The van der Waals surface area contributed by atoms with Crippen molar-refractivity contribution in [2.24, 2.45) is 0 Å². The molecule has 2 heterocycles. The van der Waals surface area contributed by atoms with Crippen molar-refractivity contribution in [1.82, 2.24) is 19.5 Å². The van der Waals surface area contributed by atoms with Crippen LogP contribution in [-0.4, -0.2) is 19.5 Å². The first-order valence-electron chi connectivity index (χ1n) is 16.0. The fourth-order valence-corrected chi connectivity index (χ4v) is 6.92. The molecule has 228 valence electrons. The lowest BCUT2D eigenvalue weighted by atomic mass is 9.93. The summed E-state index contributed by atoms with van der Waals surface area (Å²) < 4.78 is 2.27. The Morgan fingerprint density at radius 3 is 1.75 bits per heavy atom. The third-order valence-electron chi connectivity index (χ3n) is 8.96. The van der Waals surface area contributed by atoms with E-state index >= 15 is 0 Å². The van der Waals surface area contributed by atoms with Gasteiger partial charge in [0.1, 0.15) is 0 Å². The number of hydrogen-bond donors (Lipinski definition) is 0. The quantitative estimate of drug-likeness (QED) is 0.193. The number of aromatic nitrogens is 4. The summed E-state index contributed by atoms with van der Waals surface area (Å²) in [5, 5.41) is 12.6. The highest BCUT2D eigenvalue weighted by atomic mass is 15.0. The summed E-state index contributed by atoms with van der Waals surface area (Å²) in [7, 11) is 0. The van der Waals surface area contributed by atoms with E-state index in [0.717, 1.165) is 27.8 Å². The number of nitrogens with zero attached hydrogens (tertiary/aromatic N) is 5. The molecule has 0 aliphatic rings.